The molecule has 0 aliphatic carbocycles. The average molecular weight is 291 g/mol. The zero-order valence-corrected chi connectivity index (χ0v) is 12.2. The van der Waals surface area contributed by atoms with E-state index in [0.717, 1.165) is 0 Å². The van der Waals surface area contributed by atoms with Crippen LogP contribution in [0.4, 0.5) is 0 Å². The van der Waals surface area contributed by atoms with E-state index in [-0.39, 0.29) is 5.91 Å². The molecule has 0 spiro atoms. The number of hydrogen-bond acceptors (Lipinski definition) is 5. The Hall–Kier alpha value is -0.700. The van der Waals surface area contributed by atoms with Gasteiger partial charge in [0, 0.05) is 39.3 Å². The first-order chi connectivity index (χ1) is 8.67. The molecule has 0 aromatic rings. The number of carbonyl (C=O) groups is 1. The first-order valence-electron chi connectivity index (χ1n) is 6.35. The van der Waals surface area contributed by atoms with E-state index in [0.29, 0.717) is 45.8 Å². The quantitative estimate of drug-likeness (QED) is 0.661. The third kappa shape index (κ3) is 3.65. The van der Waals surface area contributed by atoms with E-state index in [1.807, 2.05) is 4.90 Å². The van der Waals surface area contributed by atoms with Gasteiger partial charge in [-0.05, 0) is 6.92 Å². The zero-order valence-electron chi connectivity index (χ0n) is 11.4. The van der Waals surface area contributed by atoms with Crippen LogP contribution in [0.3, 0.4) is 0 Å². The van der Waals surface area contributed by atoms with Gasteiger partial charge in [0.25, 0.3) is 0 Å². The van der Waals surface area contributed by atoms with Crippen molar-refractivity contribution in [3.63, 3.8) is 0 Å². The molecule has 2 saturated heterocycles. The van der Waals surface area contributed by atoms with Gasteiger partial charge in [0.05, 0.1) is 18.4 Å². The molecule has 0 saturated carbocycles. The standard InChI is InChI=1S/C11H21N3O4S/c1-11(16)8-12(9-11)7-10(15)13-3-5-14(6-4-13)19(2,17)18/h16H,3-9H2,1-2H3. The highest BCUT2D eigenvalue weighted by Crippen LogP contribution is 2.19. The molecule has 2 aliphatic rings. The highest BCUT2D eigenvalue weighted by atomic mass is 32.2. The van der Waals surface area contributed by atoms with Gasteiger partial charge >= 0.3 is 0 Å². The molecule has 110 valence electrons. The number of nitrogens with zero attached hydrogens (tertiary/aromatic N) is 3. The van der Waals surface area contributed by atoms with Crippen LogP contribution >= 0.6 is 0 Å². The molecule has 0 aromatic heterocycles. The van der Waals surface area contributed by atoms with Crippen LogP contribution in [-0.2, 0) is 14.8 Å². The average Bonchev–Trinajstić information content (AvgIpc) is 2.25. The Morgan fingerprint density at radius 3 is 2.16 bits per heavy atom. The minimum Gasteiger partial charge on any atom is -0.388 e. The first-order valence-corrected chi connectivity index (χ1v) is 8.20. The van der Waals surface area contributed by atoms with Crippen molar-refractivity contribution in [1.82, 2.24) is 14.1 Å². The number of rotatable bonds is 3. The molecule has 2 fully saturated rings. The van der Waals surface area contributed by atoms with E-state index in [1.165, 1.54) is 10.6 Å². The molecule has 0 radical (unpaired) electrons. The monoisotopic (exact) mass is 291 g/mol. The van der Waals surface area contributed by atoms with E-state index >= 15 is 0 Å². The number of likely N-dealkylation sites (tertiary alicyclic amines) is 1. The van der Waals surface area contributed by atoms with Crippen LogP contribution in [0.1, 0.15) is 6.92 Å². The van der Waals surface area contributed by atoms with Crippen LogP contribution in [-0.4, -0.2) is 91.2 Å². The van der Waals surface area contributed by atoms with E-state index in [9.17, 15) is 18.3 Å². The summed E-state index contributed by atoms with van der Waals surface area (Å²) < 4.78 is 24.1. The fourth-order valence-corrected chi connectivity index (χ4v) is 3.42. The molecule has 19 heavy (non-hydrogen) atoms. The lowest BCUT2D eigenvalue weighted by atomic mass is 9.97. The third-order valence-electron chi connectivity index (χ3n) is 3.55. The summed E-state index contributed by atoms with van der Waals surface area (Å²) in [5.41, 5.74) is -0.671. The Balaban J connectivity index is 1.77. The Morgan fingerprint density at radius 1 is 1.21 bits per heavy atom. The normalized spacial score (nSPS) is 25.1. The number of carbonyl (C=O) groups excluding carboxylic acids is 1. The highest BCUT2D eigenvalue weighted by Gasteiger charge is 2.38. The van der Waals surface area contributed by atoms with Crippen molar-refractivity contribution in [3.8, 4) is 0 Å². The lowest BCUT2D eigenvalue weighted by Crippen LogP contribution is -2.62. The van der Waals surface area contributed by atoms with Crippen molar-refractivity contribution in [1.29, 1.82) is 0 Å². The third-order valence-corrected chi connectivity index (χ3v) is 4.85. The molecule has 0 aromatic carbocycles. The zero-order chi connectivity index (χ0) is 14.3. The summed E-state index contributed by atoms with van der Waals surface area (Å²) in [4.78, 5) is 15.6. The number of amides is 1. The van der Waals surface area contributed by atoms with Crippen molar-refractivity contribution < 1.29 is 18.3 Å². The summed E-state index contributed by atoms with van der Waals surface area (Å²) in [6.45, 7) is 4.69. The van der Waals surface area contributed by atoms with Gasteiger partial charge in [0.1, 0.15) is 0 Å². The minimum atomic E-state index is -3.16. The molecule has 2 heterocycles. The summed E-state index contributed by atoms with van der Waals surface area (Å²) in [6.07, 6.45) is 1.19. The van der Waals surface area contributed by atoms with Crippen LogP contribution in [0.15, 0.2) is 0 Å². The second-order valence-corrected chi connectivity index (χ2v) is 7.67. The van der Waals surface area contributed by atoms with Gasteiger partial charge in [0.15, 0.2) is 0 Å². The predicted octanol–water partition coefficient (Wildman–Crippen LogP) is -1.84. The second kappa shape index (κ2) is 5.01. The number of β-amino-alcohol motifs (C(OH)–C–C–N with tert-alkyl or cyclic N) is 1. The largest absolute Gasteiger partial charge is 0.388 e. The fourth-order valence-electron chi connectivity index (χ4n) is 2.59. The molecular formula is C11H21N3O4S. The van der Waals surface area contributed by atoms with Crippen molar-refractivity contribution in [3.05, 3.63) is 0 Å². The molecule has 8 heteroatoms. The Kier molecular flexibility index (Phi) is 3.87. The fraction of sp³-hybridized carbons (Fsp3) is 0.909. The van der Waals surface area contributed by atoms with Crippen LogP contribution in [0.5, 0.6) is 0 Å². The Labute approximate surface area is 113 Å². The molecule has 1 amide bonds. The van der Waals surface area contributed by atoms with Gasteiger partial charge < -0.3 is 10.0 Å². The van der Waals surface area contributed by atoms with Crippen molar-refractivity contribution in [2.45, 2.75) is 12.5 Å². The van der Waals surface area contributed by atoms with Crippen LogP contribution in [0, 0.1) is 0 Å². The topological polar surface area (TPSA) is 81.2 Å². The number of hydrogen-bond donors (Lipinski definition) is 1. The maximum absolute atomic E-state index is 12.0. The van der Waals surface area contributed by atoms with E-state index in [1.54, 1.807) is 11.8 Å². The van der Waals surface area contributed by atoms with Gasteiger partial charge in [-0.3, -0.25) is 9.69 Å². The SMILES string of the molecule is CC1(O)CN(CC(=O)N2CCN(S(C)(=O)=O)CC2)C1. The van der Waals surface area contributed by atoms with Gasteiger partial charge in [-0.15, -0.1) is 0 Å². The lowest BCUT2D eigenvalue weighted by molar-refractivity contribution is -0.140. The smallest absolute Gasteiger partial charge is 0.236 e. The van der Waals surface area contributed by atoms with Crippen LogP contribution < -0.4 is 0 Å². The minimum absolute atomic E-state index is 0.00338. The van der Waals surface area contributed by atoms with E-state index < -0.39 is 15.6 Å². The van der Waals surface area contributed by atoms with Gasteiger partial charge in [-0.2, -0.15) is 4.31 Å². The molecule has 0 bridgehead atoms. The lowest BCUT2D eigenvalue weighted by Gasteiger charge is -2.44. The van der Waals surface area contributed by atoms with Crippen molar-refractivity contribution in [2.24, 2.45) is 0 Å². The summed E-state index contributed by atoms with van der Waals surface area (Å²) in [5.74, 6) is 0.00338. The molecule has 2 aliphatic heterocycles. The highest BCUT2D eigenvalue weighted by molar-refractivity contribution is 7.88. The Morgan fingerprint density at radius 2 is 1.74 bits per heavy atom. The Bertz CT molecular complexity index is 447. The molecule has 2 rings (SSSR count). The molecule has 1 N–H and O–H groups in total. The van der Waals surface area contributed by atoms with Crippen LogP contribution in [0.25, 0.3) is 0 Å². The summed E-state index contributed by atoms with van der Waals surface area (Å²) in [7, 11) is -3.16. The van der Waals surface area contributed by atoms with E-state index in [4.69, 9.17) is 0 Å². The molecular weight excluding hydrogens is 270 g/mol. The van der Waals surface area contributed by atoms with Crippen molar-refractivity contribution >= 4 is 15.9 Å². The number of sulfonamides is 1. The molecule has 0 unspecified atom stereocenters. The first kappa shape index (κ1) is 14.7. The number of piperazine rings is 1. The van der Waals surface area contributed by atoms with Crippen molar-refractivity contribution in [2.75, 3.05) is 52.1 Å². The number of aliphatic hydroxyl groups is 1. The molecule has 0 atom stereocenters. The summed E-state index contributed by atoms with van der Waals surface area (Å²) in [6, 6.07) is 0. The maximum Gasteiger partial charge on any atom is 0.236 e. The summed E-state index contributed by atoms with van der Waals surface area (Å²) in [5, 5.41) is 9.59. The maximum atomic E-state index is 12.0. The molecule has 7 nitrogen and oxygen atoms in total. The van der Waals surface area contributed by atoms with E-state index in [2.05, 4.69) is 0 Å². The summed E-state index contributed by atoms with van der Waals surface area (Å²) >= 11 is 0. The second-order valence-electron chi connectivity index (χ2n) is 5.68. The van der Waals surface area contributed by atoms with Gasteiger partial charge in [-0.25, -0.2) is 8.42 Å². The predicted molar refractivity (Wildman–Crippen MR) is 70.1 cm³/mol. The van der Waals surface area contributed by atoms with Gasteiger partial charge in [-0.1, -0.05) is 0 Å². The van der Waals surface area contributed by atoms with Crippen LogP contribution in [0.2, 0.25) is 0 Å². The van der Waals surface area contributed by atoms with Gasteiger partial charge in [0.2, 0.25) is 15.9 Å².